The largest absolute Gasteiger partial charge is 0.490 e. The minimum absolute atomic E-state index is 0. The molecule has 0 spiro atoms. The quantitative estimate of drug-likeness (QED) is 0.176. The zero-order valence-corrected chi connectivity index (χ0v) is 19.4. The average molecular weight is 555 g/mol. The molecule has 1 aromatic rings. The van der Waals surface area contributed by atoms with Crippen molar-refractivity contribution in [1.29, 1.82) is 0 Å². The van der Waals surface area contributed by atoms with E-state index in [4.69, 9.17) is 19.4 Å². The molecule has 2 heterocycles. The Bertz CT molecular complexity index is 1160. The summed E-state index contributed by atoms with van der Waals surface area (Å²) in [5.41, 5.74) is -2.42. The number of carbonyl (C=O) groups is 1. The molecule has 18 nitrogen and oxygen atoms in total. The second kappa shape index (κ2) is 11.0. The van der Waals surface area contributed by atoms with Crippen molar-refractivity contribution in [2.24, 2.45) is 5.92 Å². The molecule has 1 saturated heterocycles. The Morgan fingerprint density at radius 2 is 1.76 bits per heavy atom. The predicted octanol–water partition coefficient (Wildman–Crippen LogP) is -1.23. The number of ether oxygens (including phenoxy) is 1. The van der Waals surface area contributed by atoms with Crippen LogP contribution in [0.2, 0.25) is 0 Å². The van der Waals surface area contributed by atoms with Crippen LogP contribution in [0.4, 0.5) is 0 Å². The molecule has 1 fully saturated rings. The maximum atomic E-state index is 12.2. The second-order valence-corrected chi connectivity index (χ2v) is 11.0. The molecule has 7 N–H and O–H groups in total. The molecule has 0 bridgehead atoms. The summed E-state index contributed by atoms with van der Waals surface area (Å²) in [5.74, 6) is -1.72. The van der Waals surface area contributed by atoms with E-state index in [1.807, 2.05) is 4.98 Å². The Balaban J connectivity index is 0.00000578. The van der Waals surface area contributed by atoms with Crippen molar-refractivity contribution in [3.63, 3.8) is 0 Å². The zero-order chi connectivity index (χ0) is 25.4. The number of hydrogen-bond acceptors (Lipinski definition) is 11. The van der Waals surface area contributed by atoms with E-state index in [-0.39, 0.29) is 7.43 Å². The van der Waals surface area contributed by atoms with Gasteiger partial charge >= 0.3 is 29.2 Å². The highest BCUT2D eigenvalue weighted by molar-refractivity contribution is 7.66. The van der Waals surface area contributed by atoms with Gasteiger partial charge in [-0.15, -0.1) is 0 Å². The van der Waals surface area contributed by atoms with Gasteiger partial charge in [-0.1, -0.05) is 14.4 Å². The van der Waals surface area contributed by atoms with Crippen molar-refractivity contribution in [1.82, 2.24) is 14.9 Å². The Morgan fingerprint density at radius 1 is 1.18 bits per heavy atom. The van der Waals surface area contributed by atoms with Gasteiger partial charge in [0, 0.05) is 19.2 Å². The van der Waals surface area contributed by atoms with Crippen LogP contribution in [0.1, 0.15) is 30.9 Å². The van der Waals surface area contributed by atoms with Crippen LogP contribution in [-0.2, 0) is 31.6 Å². The Labute approximate surface area is 190 Å². The smallest absolute Gasteiger partial charge is 0.390 e. The highest BCUT2D eigenvalue weighted by Crippen LogP contribution is 2.66. The number of aliphatic hydroxyl groups excluding tert-OH is 1. The van der Waals surface area contributed by atoms with Crippen molar-refractivity contribution in [3.8, 4) is 0 Å². The molecule has 0 aliphatic carbocycles. The molecule has 1 aromatic heterocycles. The first-order valence-electron chi connectivity index (χ1n) is 8.66. The van der Waals surface area contributed by atoms with Gasteiger partial charge in [-0.25, -0.2) is 18.5 Å². The van der Waals surface area contributed by atoms with Crippen molar-refractivity contribution < 1.29 is 61.1 Å². The van der Waals surface area contributed by atoms with E-state index in [0.717, 1.165) is 10.8 Å². The Hall–Kier alpha value is -1.52. The third-order valence-electron chi connectivity index (χ3n) is 4.22. The summed E-state index contributed by atoms with van der Waals surface area (Å²) in [6.45, 7) is 0.434. The number of aromatic nitrogens is 2. The van der Waals surface area contributed by atoms with Gasteiger partial charge in [0.25, 0.3) is 11.5 Å². The van der Waals surface area contributed by atoms with E-state index in [1.54, 1.807) is 0 Å². The molecule has 1 aliphatic rings. The van der Waals surface area contributed by atoms with Crippen molar-refractivity contribution in [2.75, 3.05) is 13.7 Å². The van der Waals surface area contributed by atoms with Gasteiger partial charge in [-0.3, -0.25) is 23.7 Å². The van der Waals surface area contributed by atoms with Gasteiger partial charge < -0.3 is 34.7 Å². The van der Waals surface area contributed by atoms with Crippen LogP contribution in [0.3, 0.4) is 0 Å². The molecule has 3 unspecified atom stereocenters. The van der Waals surface area contributed by atoms with Gasteiger partial charge in [-0.05, 0) is 0 Å². The first-order valence-corrected chi connectivity index (χ1v) is 13.2. The SMILES string of the molecule is C.CNC(=O)c1cn([C@@H]2O[C@H](COP(=O)(O)OP(=O)(O)OP(=O)(O)O)C(O)[C@@H]2C)c(=O)[nH]c1=O. The van der Waals surface area contributed by atoms with Crippen molar-refractivity contribution in [2.45, 2.75) is 32.8 Å². The summed E-state index contributed by atoms with van der Waals surface area (Å²) in [7, 11) is -15.5. The summed E-state index contributed by atoms with van der Waals surface area (Å²) in [6.07, 6.45) is -3.29. The number of nitrogens with one attached hydrogen (secondary N) is 2. The number of amides is 1. The van der Waals surface area contributed by atoms with Gasteiger partial charge in [-0.2, -0.15) is 8.62 Å². The minimum Gasteiger partial charge on any atom is -0.390 e. The molecule has 1 amide bonds. The van der Waals surface area contributed by atoms with E-state index in [9.17, 15) is 38.1 Å². The topological polar surface area (TPSA) is 273 Å². The van der Waals surface area contributed by atoms with Gasteiger partial charge in [0.2, 0.25) is 0 Å². The Morgan fingerprint density at radius 3 is 2.29 bits per heavy atom. The molecule has 196 valence electrons. The molecule has 0 aromatic carbocycles. The van der Waals surface area contributed by atoms with E-state index in [2.05, 4.69) is 18.5 Å². The summed E-state index contributed by atoms with van der Waals surface area (Å²) in [5, 5.41) is 12.5. The van der Waals surface area contributed by atoms with Gasteiger partial charge in [0.15, 0.2) is 0 Å². The lowest BCUT2D eigenvalue weighted by molar-refractivity contribution is -0.0468. The van der Waals surface area contributed by atoms with Crippen LogP contribution in [0.5, 0.6) is 0 Å². The second-order valence-electron chi connectivity index (χ2n) is 6.59. The minimum atomic E-state index is -5.74. The number of aliphatic hydroxyl groups is 1. The van der Waals surface area contributed by atoms with Crippen LogP contribution in [0.25, 0.3) is 0 Å². The maximum Gasteiger partial charge on any atom is 0.490 e. The number of hydrogen-bond donors (Lipinski definition) is 7. The maximum absolute atomic E-state index is 12.2. The average Bonchev–Trinajstić information content (AvgIpc) is 2.91. The van der Waals surface area contributed by atoms with Crippen LogP contribution in [0.15, 0.2) is 15.8 Å². The summed E-state index contributed by atoms with van der Waals surface area (Å²) >= 11 is 0. The molecule has 2 rings (SSSR count). The molecule has 0 saturated carbocycles. The first-order chi connectivity index (χ1) is 15.0. The standard InChI is InChI=1S/C12H20N3O15P3.CH4/c1-5-8(16)7(4-27-32(23,24)30-33(25,26)29-31(20,21)22)28-11(5)15-3-6(9(17)13-2)10(18)14-12(15)19;/h3,5,7-8,11,16H,4H2,1-2H3,(H,13,17)(H,23,24)(H,25,26)(H,14,18,19)(H2,20,21,22);1H4/t5-,7+,8?,11+;/m0./s1. The lowest BCUT2D eigenvalue weighted by Gasteiger charge is -2.19. The van der Waals surface area contributed by atoms with Crippen LogP contribution in [-0.4, -0.2) is 66.0 Å². The number of phosphoric ester groups is 1. The zero-order valence-electron chi connectivity index (χ0n) is 16.7. The van der Waals surface area contributed by atoms with Gasteiger partial charge in [0.05, 0.1) is 12.7 Å². The fourth-order valence-electron chi connectivity index (χ4n) is 2.79. The summed E-state index contributed by atoms with van der Waals surface area (Å²) in [6, 6.07) is 0. The van der Waals surface area contributed by atoms with Crippen molar-refractivity contribution >= 4 is 29.4 Å². The highest BCUT2D eigenvalue weighted by Gasteiger charge is 2.45. The Kier molecular flexibility index (Phi) is 9.90. The third-order valence-corrected chi connectivity index (χ3v) is 8.02. The van der Waals surface area contributed by atoms with E-state index >= 15 is 0 Å². The molecule has 34 heavy (non-hydrogen) atoms. The number of phosphoric acid groups is 3. The van der Waals surface area contributed by atoms with E-state index in [1.165, 1.54) is 14.0 Å². The summed E-state index contributed by atoms with van der Waals surface area (Å²) < 4.78 is 51.6. The summed E-state index contributed by atoms with van der Waals surface area (Å²) in [4.78, 5) is 73.4. The third kappa shape index (κ3) is 7.75. The molecule has 21 heteroatoms. The normalized spacial score (nSPS) is 26.2. The lowest BCUT2D eigenvalue weighted by atomic mass is 10.0. The number of carbonyl (C=O) groups excluding carboxylic acids is 1. The van der Waals surface area contributed by atoms with E-state index in [0.29, 0.717) is 0 Å². The molecule has 6 atom stereocenters. The molecule has 1 aliphatic heterocycles. The number of nitrogens with zero attached hydrogens (tertiary/aromatic N) is 1. The fourth-order valence-corrected chi connectivity index (χ4v) is 5.82. The lowest BCUT2D eigenvalue weighted by Crippen LogP contribution is -2.38. The number of H-pyrrole nitrogens is 1. The predicted molar refractivity (Wildman–Crippen MR) is 110 cm³/mol. The number of rotatable bonds is 9. The van der Waals surface area contributed by atoms with Crippen LogP contribution in [0, 0.1) is 5.92 Å². The van der Waals surface area contributed by atoms with Crippen LogP contribution < -0.4 is 16.6 Å². The monoisotopic (exact) mass is 555 g/mol. The van der Waals surface area contributed by atoms with Crippen LogP contribution >= 0.6 is 23.5 Å². The van der Waals surface area contributed by atoms with Crippen molar-refractivity contribution in [3.05, 3.63) is 32.6 Å². The molecule has 0 radical (unpaired) electrons. The van der Waals surface area contributed by atoms with E-state index < -0.39 is 77.1 Å². The van der Waals surface area contributed by atoms with Gasteiger partial charge in [0.1, 0.15) is 17.9 Å². The molecular weight excluding hydrogens is 531 g/mol. The highest BCUT2D eigenvalue weighted by atomic mass is 31.3. The number of aromatic amines is 1. The first kappa shape index (κ1) is 30.5. The molecular formula is C13H24N3O15P3. The fraction of sp³-hybridized carbons (Fsp3) is 0.615.